The molecule has 3 atom stereocenters. The molecule has 2 fully saturated rings. The Morgan fingerprint density at radius 2 is 1.82 bits per heavy atom. The fourth-order valence-corrected chi connectivity index (χ4v) is 2.07. The SMILES string of the molecule is CC1CCNC(=O)CC[C@@H]2O[C@H]2CCC(=O)O1. The van der Waals surface area contributed by atoms with Gasteiger partial charge >= 0.3 is 5.97 Å². The molecule has 0 aliphatic carbocycles. The molecule has 2 heterocycles. The van der Waals surface area contributed by atoms with Crippen LogP contribution in [-0.4, -0.2) is 36.7 Å². The number of hydrogen-bond acceptors (Lipinski definition) is 4. The molecule has 0 aromatic heterocycles. The Kier molecular flexibility index (Phi) is 3.99. The van der Waals surface area contributed by atoms with Crippen molar-refractivity contribution in [1.29, 1.82) is 0 Å². The van der Waals surface area contributed by atoms with Gasteiger partial charge in [0.25, 0.3) is 0 Å². The number of esters is 1. The molecular weight excluding hydrogens is 222 g/mol. The third-order valence-corrected chi connectivity index (χ3v) is 3.18. The van der Waals surface area contributed by atoms with E-state index in [1.165, 1.54) is 0 Å². The summed E-state index contributed by atoms with van der Waals surface area (Å²) in [5, 5.41) is 2.82. The van der Waals surface area contributed by atoms with Crippen LogP contribution in [0.2, 0.25) is 0 Å². The number of carbonyl (C=O) groups excluding carboxylic acids is 2. The first-order chi connectivity index (χ1) is 8.15. The van der Waals surface area contributed by atoms with Gasteiger partial charge in [0.1, 0.15) is 6.10 Å². The normalized spacial score (nSPS) is 35.5. The molecule has 2 saturated heterocycles. The number of rotatable bonds is 0. The molecule has 2 aliphatic rings. The molecule has 5 nitrogen and oxygen atoms in total. The molecule has 0 saturated carbocycles. The van der Waals surface area contributed by atoms with Crippen molar-refractivity contribution in [2.45, 2.75) is 57.3 Å². The zero-order chi connectivity index (χ0) is 12.3. The Balaban J connectivity index is 1.85. The smallest absolute Gasteiger partial charge is 0.306 e. The predicted octanol–water partition coefficient (Wildman–Crippen LogP) is 0.766. The fraction of sp³-hybridized carbons (Fsp3) is 0.833. The maximum absolute atomic E-state index is 11.5. The average molecular weight is 241 g/mol. The third kappa shape index (κ3) is 4.00. The van der Waals surface area contributed by atoms with Gasteiger partial charge in [0.15, 0.2) is 0 Å². The minimum Gasteiger partial charge on any atom is -0.463 e. The van der Waals surface area contributed by atoms with E-state index < -0.39 is 0 Å². The monoisotopic (exact) mass is 241 g/mol. The Morgan fingerprint density at radius 3 is 2.59 bits per heavy atom. The molecule has 0 radical (unpaired) electrons. The highest BCUT2D eigenvalue weighted by Gasteiger charge is 2.38. The number of carbonyl (C=O) groups is 2. The number of amides is 1. The van der Waals surface area contributed by atoms with Gasteiger partial charge in [-0.3, -0.25) is 9.59 Å². The second kappa shape index (κ2) is 5.49. The summed E-state index contributed by atoms with van der Waals surface area (Å²) < 4.78 is 10.6. The molecule has 1 amide bonds. The second-order valence-electron chi connectivity index (χ2n) is 4.73. The quantitative estimate of drug-likeness (QED) is 0.502. The van der Waals surface area contributed by atoms with Crippen LogP contribution in [0.5, 0.6) is 0 Å². The van der Waals surface area contributed by atoms with Crippen molar-refractivity contribution in [2.75, 3.05) is 6.54 Å². The van der Waals surface area contributed by atoms with E-state index in [1.54, 1.807) is 0 Å². The van der Waals surface area contributed by atoms with Crippen molar-refractivity contribution in [3.05, 3.63) is 0 Å². The van der Waals surface area contributed by atoms with Crippen LogP contribution in [-0.2, 0) is 19.1 Å². The van der Waals surface area contributed by atoms with Crippen molar-refractivity contribution >= 4 is 11.9 Å². The highest BCUT2D eigenvalue weighted by Crippen LogP contribution is 2.30. The summed E-state index contributed by atoms with van der Waals surface area (Å²) in [6, 6.07) is 0. The Morgan fingerprint density at radius 1 is 1.12 bits per heavy atom. The van der Waals surface area contributed by atoms with Crippen molar-refractivity contribution in [3.63, 3.8) is 0 Å². The lowest BCUT2D eigenvalue weighted by Gasteiger charge is -2.13. The highest BCUT2D eigenvalue weighted by atomic mass is 16.6. The molecule has 0 aromatic rings. The van der Waals surface area contributed by atoms with Gasteiger partial charge in [-0.2, -0.15) is 0 Å². The average Bonchev–Trinajstić information content (AvgIpc) is 3.01. The molecule has 1 unspecified atom stereocenters. The van der Waals surface area contributed by atoms with Crippen LogP contribution in [0, 0.1) is 0 Å². The number of epoxide rings is 1. The van der Waals surface area contributed by atoms with Crippen LogP contribution in [0.15, 0.2) is 0 Å². The van der Waals surface area contributed by atoms with Gasteiger partial charge in [-0.15, -0.1) is 0 Å². The molecule has 17 heavy (non-hydrogen) atoms. The van der Waals surface area contributed by atoms with E-state index >= 15 is 0 Å². The van der Waals surface area contributed by atoms with E-state index in [9.17, 15) is 9.59 Å². The van der Waals surface area contributed by atoms with Gasteiger partial charge in [-0.05, 0) is 19.8 Å². The van der Waals surface area contributed by atoms with Gasteiger partial charge in [0, 0.05) is 25.8 Å². The lowest BCUT2D eigenvalue weighted by atomic mass is 10.1. The van der Waals surface area contributed by atoms with E-state index in [0.717, 1.165) is 6.42 Å². The van der Waals surface area contributed by atoms with Crippen molar-refractivity contribution < 1.29 is 19.1 Å². The van der Waals surface area contributed by atoms with E-state index in [0.29, 0.717) is 32.2 Å². The van der Waals surface area contributed by atoms with Crippen LogP contribution in [0.4, 0.5) is 0 Å². The molecule has 0 spiro atoms. The second-order valence-corrected chi connectivity index (χ2v) is 4.73. The first kappa shape index (κ1) is 12.4. The summed E-state index contributed by atoms with van der Waals surface area (Å²) in [4.78, 5) is 22.9. The van der Waals surface area contributed by atoms with Gasteiger partial charge in [0.05, 0.1) is 12.2 Å². The number of fused-ring (bicyclic) bond motifs is 1. The Bertz CT molecular complexity index is 305. The fourth-order valence-electron chi connectivity index (χ4n) is 2.07. The van der Waals surface area contributed by atoms with Gasteiger partial charge in [-0.25, -0.2) is 0 Å². The lowest BCUT2D eigenvalue weighted by Crippen LogP contribution is -2.27. The molecule has 0 bridgehead atoms. The summed E-state index contributed by atoms with van der Waals surface area (Å²) in [5.41, 5.74) is 0. The number of cyclic esters (lactones) is 1. The van der Waals surface area contributed by atoms with Crippen molar-refractivity contribution in [1.82, 2.24) is 5.32 Å². The van der Waals surface area contributed by atoms with E-state index in [1.807, 2.05) is 6.92 Å². The summed E-state index contributed by atoms with van der Waals surface area (Å²) in [6.45, 7) is 2.41. The largest absolute Gasteiger partial charge is 0.463 e. The van der Waals surface area contributed by atoms with Crippen molar-refractivity contribution in [2.24, 2.45) is 0 Å². The Hall–Kier alpha value is -1.10. The summed E-state index contributed by atoms with van der Waals surface area (Å²) >= 11 is 0. The molecular formula is C12H19NO4. The van der Waals surface area contributed by atoms with Crippen LogP contribution >= 0.6 is 0 Å². The van der Waals surface area contributed by atoms with Crippen LogP contribution in [0.3, 0.4) is 0 Å². The lowest BCUT2D eigenvalue weighted by molar-refractivity contribution is -0.148. The number of hydrogen-bond donors (Lipinski definition) is 1. The number of nitrogens with one attached hydrogen (secondary N) is 1. The minimum atomic E-state index is -0.169. The van der Waals surface area contributed by atoms with Crippen LogP contribution in [0.1, 0.15) is 39.0 Å². The van der Waals surface area contributed by atoms with E-state index in [-0.39, 0.29) is 30.2 Å². The third-order valence-electron chi connectivity index (χ3n) is 3.18. The van der Waals surface area contributed by atoms with Gasteiger partial charge in [-0.1, -0.05) is 0 Å². The van der Waals surface area contributed by atoms with E-state index in [2.05, 4.69) is 5.32 Å². The van der Waals surface area contributed by atoms with Crippen LogP contribution < -0.4 is 5.32 Å². The summed E-state index contributed by atoms with van der Waals surface area (Å²) in [6.07, 6.45) is 3.20. The zero-order valence-electron chi connectivity index (χ0n) is 10.1. The summed E-state index contributed by atoms with van der Waals surface area (Å²) in [5.74, 6) is -0.116. The zero-order valence-corrected chi connectivity index (χ0v) is 10.1. The van der Waals surface area contributed by atoms with E-state index in [4.69, 9.17) is 9.47 Å². The number of ether oxygens (including phenoxy) is 2. The highest BCUT2D eigenvalue weighted by molar-refractivity contribution is 5.75. The molecule has 5 heteroatoms. The first-order valence-electron chi connectivity index (χ1n) is 6.27. The topological polar surface area (TPSA) is 67.9 Å². The summed E-state index contributed by atoms with van der Waals surface area (Å²) in [7, 11) is 0. The molecule has 1 N–H and O–H groups in total. The maximum Gasteiger partial charge on any atom is 0.306 e. The molecule has 2 rings (SSSR count). The van der Waals surface area contributed by atoms with Gasteiger partial charge in [0.2, 0.25) is 5.91 Å². The van der Waals surface area contributed by atoms with Crippen LogP contribution in [0.25, 0.3) is 0 Å². The molecule has 2 aliphatic heterocycles. The minimum absolute atomic E-state index is 0.0528. The molecule has 0 aromatic carbocycles. The predicted molar refractivity (Wildman–Crippen MR) is 60.3 cm³/mol. The Labute approximate surface area is 101 Å². The first-order valence-corrected chi connectivity index (χ1v) is 6.27. The molecule has 96 valence electrons. The standard InChI is InChI=1S/C12H19NO4/c1-8-6-7-13-11(14)4-2-9-10(17-9)3-5-12(15)16-8/h8-10H,2-7H2,1H3,(H,13,14)/t8?,9-,10-/m0/s1. The van der Waals surface area contributed by atoms with Gasteiger partial charge < -0.3 is 14.8 Å². The maximum atomic E-state index is 11.5. The van der Waals surface area contributed by atoms with Crippen molar-refractivity contribution in [3.8, 4) is 0 Å².